The van der Waals surface area contributed by atoms with Crippen molar-refractivity contribution in [1.82, 2.24) is 0 Å². The molecule has 0 heteroatoms. The van der Waals surface area contributed by atoms with E-state index in [1.54, 1.807) is 0 Å². The normalized spacial score (nSPS) is 8.67. The highest BCUT2D eigenvalue weighted by Crippen LogP contribution is 2.19. The Morgan fingerprint density at radius 1 is 0.750 bits per heavy atom. The number of allylic oxidation sites excluding steroid dienone is 6. The molecular weight excluding hydrogens is 144 g/mol. The van der Waals surface area contributed by atoms with E-state index in [1.165, 1.54) is 22.3 Å². The molecule has 0 aromatic heterocycles. The summed E-state index contributed by atoms with van der Waals surface area (Å²) in [5, 5.41) is 0. The van der Waals surface area contributed by atoms with Gasteiger partial charge in [0.05, 0.1) is 0 Å². The van der Waals surface area contributed by atoms with Crippen molar-refractivity contribution in [3.8, 4) is 0 Å². The molecule has 0 N–H and O–H groups in total. The van der Waals surface area contributed by atoms with Crippen molar-refractivity contribution in [2.75, 3.05) is 0 Å². The summed E-state index contributed by atoms with van der Waals surface area (Å²) in [6.45, 7) is 15.9. The highest BCUT2D eigenvalue weighted by molar-refractivity contribution is 5.49. The van der Waals surface area contributed by atoms with E-state index < -0.39 is 0 Å². The van der Waals surface area contributed by atoms with Crippen LogP contribution in [-0.2, 0) is 0 Å². The van der Waals surface area contributed by atoms with Crippen molar-refractivity contribution in [3.05, 3.63) is 47.6 Å². The highest BCUT2D eigenvalue weighted by Gasteiger charge is 2.00. The van der Waals surface area contributed by atoms with Gasteiger partial charge in [-0.3, -0.25) is 0 Å². The minimum absolute atomic E-state index is 1.20. The zero-order valence-electron chi connectivity index (χ0n) is 8.57. The van der Waals surface area contributed by atoms with Crippen LogP contribution < -0.4 is 0 Å². The van der Waals surface area contributed by atoms with Crippen molar-refractivity contribution < 1.29 is 0 Å². The Labute approximate surface area is 76.0 Å². The molecule has 0 heterocycles. The molecule has 0 atom stereocenters. The molecule has 0 fully saturated rings. The molecule has 0 amide bonds. The van der Waals surface area contributed by atoms with Gasteiger partial charge in [-0.15, -0.1) is 0 Å². The van der Waals surface area contributed by atoms with Gasteiger partial charge in [-0.1, -0.05) is 36.5 Å². The Kier molecular flexibility index (Phi) is 4.35. The van der Waals surface area contributed by atoms with Crippen molar-refractivity contribution in [1.29, 1.82) is 0 Å². The maximum absolute atomic E-state index is 3.79. The molecule has 0 aromatic rings. The summed E-state index contributed by atoms with van der Waals surface area (Å²) in [5.74, 6) is 0. The van der Waals surface area contributed by atoms with Gasteiger partial charge in [-0.05, 0) is 38.8 Å². The third-order valence-electron chi connectivity index (χ3n) is 1.78. The van der Waals surface area contributed by atoms with Crippen LogP contribution in [0.1, 0.15) is 27.7 Å². The van der Waals surface area contributed by atoms with E-state index in [0.717, 1.165) is 0 Å². The van der Waals surface area contributed by atoms with E-state index in [1.807, 2.05) is 12.2 Å². The van der Waals surface area contributed by atoms with Crippen LogP contribution in [0.15, 0.2) is 47.6 Å². The molecule has 0 aliphatic rings. The van der Waals surface area contributed by atoms with Crippen molar-refractivity contribution >= 4 is 0 Å². The van der Waals surface area contributed by atoms with Gasteiger partial charge in [0.2, 0.25) is 0 Å². The van der Waals surface area contributed by atoms with Crippen LogP contribution in [0.2, 0.25) is 0 Å². The largest absolute Gasteiger partial charge is 0.0985 e. The minimum atomic E-state index is 1.20. The Hall–Kier alpha value is -1.04. The first-order valence-electron chi connectivity index (χ1n) is 4.14. The van der Waals surface area contributed by atoms with Gasteiger partial charge in [-0.2, -0.15) is 0 Å². The summed E-state index contributed by atoms with van der Waals surface area (Å²) < 4.78 is 0. The van der Waals surface area contributed by atoms with Gasteiger partial charge in [-0.25, -0.2) is 0 Å². The van der Waals surface area contributed by atoms with E-state index in [9.17, 15) is 0 Å². The van der Waals surface area contributed by atoms with Gasteiger partial charge in [0, 0.05) is 0 Å². The van der Waals surface area contributed by atoms with E-state index in [4.69, 9.17) is 0 Å². The number of hydrogen-bond acceptors (Lipinski definition) is 0. The predicted octanol–water partition coefficient (Wildman–Crippen LogP) is 4.03. The van der Waals surface area contributed by atoms with Crippen LogP contribution >= 0.6 is 0 Å². The lowest BCUT2D eigenvalue weighted by atomic mass is 9.98. The fourth-order valence-electron chi connectivity index (χ4n) is 1.17. The second kappa shape index (κ2) is 4.76. The SMILES string of the molecule is C=CC(=C(C)C)C(C=C)=C(C)C. The molecule has 0 aliphatic carbocycles. The third kappa shape index (κ3) is 2.54. The Morgan fingerprint density at radius 3 is 1.08 bits per heavy atom. The van der Waals surface area contributed by atoms with Gasteiger partial charge in [0.1, 0.15) is 0 Å². The second-order valence-electron chi connectivity index (χ2n) is 3.24. The zero-order valence-corrected chi connectivity index (χ0v) is 8.57. The zero-order chi connectivity index (χ0) is 9.72. The number of hydrogen-bond donors (Lipinski definition) is 0. The van der Waals surface area contributed by atoms with Crippen LogP contribution in [0.4, 0.5) is 0 Å². The lowest BCUT2D eigenvalue weighted by molar-refractivity contribution is 1.26. The molecule has 0 bridgehead atoms. The summed E-state index contributed by atoms with van der Waals surface area (Å²) in [6, 6.07) is 0. The lowest BCUT2D eigenvalue weighted by Gasteiger charge is -2.08. The average molecular weight is 162 g/mol. The van der Waals surface area contributed by atoms with Crippen molar-refractivity contribution in [3.63, 3.8) is 0 Å². The summed E-state index contributed by atoms with van der Waals surface area (Å²) in [7, 11) is 0. The molecule has 0 spiro atoms. The Balaban J connectivity index is 5.26. The first-order chi connectivity index (χ1) is 5.54. The molecule has 0 aliphatic heterocycles. The summed E-state index contributed by atoms with van der Waals surface area (Å²) >= 11 is 0. The maximum atomic E-state index is 3.79. The van der Waals surface area contributed by atoms with E-state index in [-0.39, 0.29) is 0 Å². The third-order valence-corrected chi connectivity index (χ3v) is 1.78. The molecule has 0 saturated carbocycles. The molecule has 0 saturated heterocycles. The lowest BCUT2D eigenvalue weighted by Crippen LogP contribution is -1.88. The predicted molar refractivity (Wildman–Crippen MR) is 57.1 cm³/mol. The van der Waals surface area contributed by atoms with E-state index in [0.29, 0.717) is 0 Å². The molecule has 0 radical (unpaired) electrons. The van der Waals surface area contributed by atoms with Crippen LogP contribution in [0.25, 0.3) is 0 Å². The van der Waals surface area contributed by atoms with Gasteiger partial charge in [0.25, 0.3) is 0 Å². The minimum Gasteiger partial charge on any atom is -0.0985 e. The number of rotatable bonds is 3. The summed E-state index contributed by atoms with van der Waals surface area (Å²) in [6.07, 6.45) is 3.78. The van der Waals surface area contributed by atoms with Crippen LogP contribution in [-0.4, -0.2) is 0 Å². The fraction of sp³-hybridized carbons (Fsp3) is 0.333. The second-order valence-corrected chi connectivity index (χ2v) is 3.24. The first kappa shape index (κ1) is 11.0. The molecule has 0 aromatic carbocycles. The van der Waals surface area contributed by atoms with Crippen LogP contribution in [0, 0.1) is 0 Å². The summed E-state index contributed by atoms with van der Waals surface area (Å²) in [5.41, 5.74) is 4.96. The molecule has 66 valence electrons. The molecule has 0 unspecified atom stereocenters. The van der Waals surface area contributed by atoms with Crippen LogP contribution in [0.3, 0.4) is 0 Å². The average Bonchev–Trinajstić information content (AvgIpc) is 1.98. The Morgan fingerprint density at radius 2 is 1.00 bits per heavy atom. The van der Waals surface area contributed by atoms with E-state index in [2.05, 4.69) is 40.9 Å². The van der Waals surface area contributed by atoms with Gasteiger partial charge < -0.3 is 0 Å². The standard InChI is InChI=1S/C12H18/c1-7-11(9(3)4)12(8-2)10(5)6/h7-8H,1-2H2,3-6H3. The first-order valence-corrected chi connectivity index (χ1v) is 4.14. The molecule has 0 nitrogen and oxygen atoms in total. The fourth-order valence-corrected chi connectivity index (χ4v) is 1.17. The monoisotopic (exact) mass is 162 g/mol. The smallest absolute Gasteiger partial charge is 0.0204 e. The Bertz CT molecular complexity index is 213. The van der Waals surface area contributed by atoms with Crippen LogP contribution in [0.5, 0.6) is 0 Å². The summed E-state index contributed by atoms with van der Waals surface area (Å²) in [4.78, 5) is 0. The van der Waals surface area contributed by atoms with Crippen molar-refractivity contribution in [2.45, 2.75) is 27.7 Å². The molecular formula is C12H18. The topological polar surface area (TPSA) is 0 Å². The maximum Gasteiger partial charge on any atom is -0.0204 e. The van der Waals surface area contributed by atoms with Gasteiger partial charge in [0.15, 0.2) is 0 Å². The highest BCUT2D eigenvalue weighted by atomic mass is 14.1. The molecule has 12 heavy (non-hydrogen) atoms. The quantitative estimate of drug-likeness (QED) is 0.549. The van der Waals surface area contributed by atoms with Gasteiger partial charge >= 0.3 is 0 Å². The molecule has 0 rings (SSSR count). The van der Waals surface area contributed by atoms with E-state index >= 15 is 0 Å². The van der Waals surface area contributed by atoms with Crippen molar-refractivity contribution in [2.24, 2.45) is 0 Å².